The second kappa shape index (κ2) is 3.03. The van der Waals surface area contributed by atoms with E-state index >= 15 is 0 Å². The van der Waals surface area contributed by atoms with Gasteiger partial charge in [-0.3, -0.25) is 0 Å². The summed E-state index contributed by atoms with van der Waals surface area (Å²) < 4.78 is 0. The molecule has 6 heavy (non-hydrogen) atoms. The van der Waals surface area contributed by atoms with Crippen molar-refractivity contribution >= 4 is 32.9 Å². The lowest BCUT2D eigenvalue weighted by atomic mass is 10.5. The highest BCUT2D eigenvalue weighted by Crippen LogP contribution is 2.29. The predicted molar refractivity (Wildman–Crippen MR) is 36.8 cm³/mol. The number of hydrogen-bond acceptors (Lipinski definition) is 0. The zero-order valence-electron chi connectivity index (χ0n) is 3.48. The molecule has 0 aromatic carbocycles. The van der Waals surface area contributed by atoms with Gasteiger partial charge >= 0.3 is 0 Å². The highest BCUT2D eigenvalue weighted by Gasteiger charge is 2.18. The smallest absolute Gasteiger partial charge is 0.00596 e. The van der Waals surface area contributed by atoms with Gasteiger partial charge in [0.15, 0.2) is 0 Å². The van der Waals surface area contributed by atoms with E-state index in [9.17, 15) is 0 Å². The summed E-state index contributed by atoms with van der Waals surface area (Å²) in [4.78, 5) is 0. The summed E-state index contributed by atoms with van der Waals surface area (Å²) in [6.07, 6.45) is 2.93. The molecule has 0 amide bonds. The van der Waals surface area contributed by atoms with Crippen LogP contribution < -0.4 is 0 Å². The minimum absolute atomic E-state index is 0. The third kappa shape index (κ3) is 2.19. The summed E-state index contributed by atoms with van der Waals surface area (Å²) in [6.45, 7) is 0. The molecule has 1 saturated carbocycles. The first-order valence-electron chi connectivity index (χ1n) is 1.99. The maximum absolute atomic E-state index is 3.38. The second-order valence-corrected chi connectivity index (χ2v) is 2.25. The Bertz CT molecular complexity index is 32.5. The minimum atomic E-state index is 0. The van der Waals surface area contributed by atoms with Crippen LogP contribution in [0.25, 0.3) is 0 Å². The molecule has 1 fully saturated rings. The molecule has 0 spiro atoms. The van der Waals surface area contributed by atoms with Crippen LogP contribution in [0.4, 0.5) is 0 Å². The lowest BCUT2D eigenvalue weighted by molar-refractivity contribution is 1.01. The highest BCUT2D eigenvalue weighted by atomic mass is 79.9. The van der Waals surface area contributed by atoms with E-state index in [1.54, 1.807) is 0 Å². The molecular formula is C4H8Br2. The van der Waals surface area contributed by atoms with E-state index in [0.29, 0.717) is 0 Å². The molecule has 0 saturated heterocycles. The van der Waals surface area contributed by atoms with Gasteiger partial charge in [0.05, 0.1) is 0 Å². The Balaban J connectivity index is 0.000000250. The van der Waals surface area contributed by atoms with Crippen molar-refractivity contribution in [3.05, 3.63) is 0 Å². The van der Waals surface area contributed by atoms with Crippen LogP contribution in [0.15, 0.2) is 0 Å². The molecule has 0 aromatic heterocycles. The molecule has 0 N–H and O–H groups in total. The van der Waals surface area contributed by atoms with E-state index in [4.69, 9.17) is 0 Å². The summed E-state index contributed by atoms with van der Waals surface area (Å²) in [5, 5.41) is 1.23. The fourth-order valence-electron chi connectivity index (χ4n) is 0.272. The van der Waals surface area contributed by atoms with Crippen molar-refractivity contribution in [1.29, 1.82) is 0 Å². The van der Waals surface area contributed by atoms with Gasteiger partial charge < -0.3 is 0 Å². The van der Waals surface area contributed by atoms with Gasteiger partial charge in [0.25, 0.3) is 0 Å². The number of hydrogen-bond donors (Lipinski definition) is 0. The van der Waals surface area contributed by atoms with Crippen molar-refractivity contribution in [2.24, 2.45) is 5.92 Å². The van der Waals surface area contributed by atoms with Gasteiger partial charge in [0, 0.05) is 5.33 Å². The van der Waals surface area contributed by atoms with Crippen LogP contribution in [-0.2, 0) is 0 Å². The van der Waals surface area contributed by atoms with Crippen LogP contribution >= 0.6 is 32.9 Å². The summed E-state index contributed by atoms with van der Waals surface area (Å²) in [7, 11) is 0. The number of halogens is 2. The maximum atomic E-state index is 3.38. The Labute approximate surface area is 57.2 Å². The van der Waals surface area contributed by atoms with Crippen LogP contribution in [0.1, 0.15) is 12.8 Å². The first kappa shape index (κ1) is 6.96. The first-order valence-corrected chi connectivity index (χ1v) is 3.11. The van der Waals surface area contributed by atoms with Gasteiger partial charge in [0.2, 0.25) is 0 Å². The molecule has 1 aliphatic carbocycles. The van der Waals surface area contributed by atoms with E-state index < -0.39 is 0 Å². The van der Waals surface area contributed by atoms with E-state index in [0.717, 1.165) is 5.92 Å². The van der Waals surface area contributed by atoms with E-state index in [1.165, 1.54) is 18.2 Å². The molecule has 0 heterocycles. The molecule has 0 nitrogen and oxygen atoms in total. The SMILES string of the molecule is Br.BrCC1CC1. The molecule has 38 valence electrons. The highest BCUT2D eigenvalue weighted by molar-refractivity contribution is 9.09. The quantitative estimate of drug-likeness (QED) is 0.590. The monoisotopic (exact) mass is 214 g/mol. The van der Waals surface area contributed by atoms with E-state index in [2.05, 4.69) is 15.9 Å². The Kier molecular flexibility index (Phi) is 3.51. The molecule has 0 atom stereocenters. The van der Waals surface area contributed by atoms with Crippen LogP contribution in [-0.4, -0.2) is 5.33 Å². The van der Waals surface area contributed by atoms with E-state index in [1.807, 2.05) is 0 Å². The normalized spacial score (nSPS) is 19.5. The molecule has 2 heteroatoms. The summed E-state index contributed by atoms with van der Waals surface area (Å²) in [5.74, 6) is 1.05. The molecule has 1 rings (SSSR count). The molecule has 0 aliphatic heterocycles. The van der Waals surface area contributed by atoms with Crippen molar-refractivity contribution in [3.63, 3.8) is 0 Å². The van der Waals surface area contributed by atoms with E-state index in [-0.39, 0.29) is 17.0 Å². The van der Waals surface area contributed by atoms with Gasteiger partial charge in [-0.05, 0) is 18.8 Å². The average Bonchev–Trinajstić information content (AvgIpc) is 2.12. The van der Waals surface area contributed by atoms with Gasteiger partial charge in [-0.2, -0.15) is 0 Å². The molecule has 0 bridgehead atoms. The average molecular weight is 216 g/mol. The summed E-state index contributed by atoms with van der Waals surface area (Å²) in [5.41, 5.74) is 0. The van der Waals surface area contributed by atoms with Gasteiger partial charge in [-0.25, -0.2) is 0 Å². The summed E-state index contributed by atoms with van der Waals surface area (Å²) >= 11 is 3.38. The van der Waals surface area contributed by atoms with Crippen LogP contribution in [0, 0.1) is 5.92 Å². The van der Waals surface area contributed by atoms with Gasteiger partial charge in [-0.15, -0.1) is 17.0 Å². The van der Waals surface area contributed by atoms with Crippen molar-refractivity contribution < 1.29 is 0 Å². The largest absolute Gasteiger partial charge is 0.114 e. The Morgan fingerprint density at radius 3 is 2.00 bits per heavy atom. The Morgan fingerprint density at radius 1 is 1.50 bits per heavy atom. The molecular weight excluding hydrogens is 208 g/mol. The first-order chi connectivity index (χ1) is 2.43. The van der Waals surface area contributed by atoms with Gasteiger partial charge in [-0.1, -0.05) is 15.9 Å². The standard InChI is InChI=1S/C4H7Br.BrH/c5-3-4-1-2-4;/h4H,1-3H2;1H. The van der Waals surface area contributed by atoms with Crippen molar-refractivity contribution in [3.8, 4) is 0 Å². The fraction of sp³-hybridized carbons (Fsp3) is 1.00. The van der Waals surface area contributed by atoms with Crippen molar-refractivity contribution in [2.75, 3.05) is 5.33 Å². The fourth-order valence-corrected chi connectivity index (χ4v) is 0.920. The van der Waals surface area contributed by atoms with Crippen LogP contribution in [0.2, 0.25) is 0 Å². The topological polar surface area (TPSA) is 0 Å². The zero-order valence-corrected chi connectivity index (χ0v) is 6.78. The predicted octanol–water partition coefficient (Wildman–Crippen LogP) is 2.37. The minimum Gasteiger partial charge on any atom is -0.114 e. The van der Waals surface area contributed by atoms with Gasteiger partial charge in [0.1, 0.15) is 0 Å². The van der Waals surface area contributed by atoms with Crippen LogP contribution in [0.3, 0.4) is 0 Å². The molecule has 1 aliphatic rings. The molecule has 0 aromatic rings. The maximum Gasteiger partial charge on any atom is 0.00596 e. The zero-order chi connectivity index (χ0) is 3.70. The second-order valence-electron chi connectivity index (χ2n) is 1.60. The lowest BCUT2D eigenvalue weighted by Crippen LogP contribution is -1.66. The third-order valence-electron chi connectivity index (χ3n) is 0.915. The molecule has 0 radical (unpaired) electrons. The Morgan fingerprint density at radius 2 is 2.00 bits per heavy atom. The van der Waals surface area contributed by atoms with Crippen LogP contribution in [0.5, 0.6) is 0 Å². The Hall–Kier alpha value is 0.960. The van der Waals surface area contributed by atoms with Crippen molar-refractivity contribution in [2.45, 2.75) is 12.8 Å². The van der Waals surface area contributed by atoms with Crippen molar-refractivity contribution in [1.82, 2.24) is 0 Å². The number of rotatable bonds is 1. The number of alkyl halides is 1. The third-order valence-corrected chi connectivity index (χ3v) is 1.83. The summed E-state index contributed by atoms with van der Waals surface area (Å²) in [6, 6.07) is 0. The lowest BCUT2D eigenvalue weighted by Gasteiger charge is -1.70. The molecule has 0 unspecified atom stereocenters.